The first-order chi connectivity index (χ1) is 8.43. The molecule has 0 amide bonds. The minimum atomic E-state index is -0.535. The second kappa shape index (κ2) is 6.13. The van der Waals surface area contributed by atoms with Gasteiger partial charge in [-0.1, -0.05) is 13.8 Å². The van der Waals surface area contributed by atoms with Crippen molar-refractivity contribution in [2.45, 2.75) is 39.7 Å². The van der Waals surface area contributed by atoms with Gasteiger partial charge >= 0.3 is 5.97 Å². The van der Waals surface area contributed by atoms with Crippen LogP contribution in [0.1, 0.15) is 39.4 Å². The van der Waals surface area contributed by atoms with Crippen LogP contribution in [0.15, 0.2) is 0 Å². The molecule has 100 valence electrons. The standard InChI is InChI=1S/C11H19N5O2/c1-5-18-9(17)7(4)13-11-15-8(6(2)3)14-10(12)16-11/h6-7H,5H2,1-4H3,(H3,12,13,14,15,16). The summed E-state index contributed by atoms with van der Waals surface area (Å²) in [6, 6.07) is -0.535. The molecule has 1 unspecified atom stereocenters. The smallest absolute Gasteiger partial charge is 0.328 e. The van der Waals surface area contributed by atoms with E-state index in [0.717, 1.165) is 0 Å². The minimum Gasteiger partial charge on any atom is -0.464 e. The Morgan fingerprint density at radius 1 is 1.33 bits per heavy atom. The molecule has 0 aromatic carbocycles. The summed E-state index contributed by atoms with van der Waals surface area (Å²) in [5.74, 6) is 0.774. The summed E-state index contributed by atoms with van der Waals surface area (Å²) >= 11 is 0. The SMILES string of the molecule is CCOC(=O)C(C)Nc1nc(N)nc(C(C)C)n1. The van der Waals surface area contributed by atoms with Gasteiger partial charge in [-0.15, -0.1) is 0 Å². The normalized spacial score (nSPS) is 12.3. The highest BCUT2D eigenvalue weighted by molar-refractivity contribution is 5.78. The van der Waals surface area contributed by atoms with Crippen molar-refractivity contribution in [3.63, 3.8) is 0 Å². The maximum absolute atomic E-state index is 11.5. The van der Waals surface area contributed by atoms with Crippen molar-refractivity contribution < 1.29 is 9.53 Å². The van der Waals surface area contributed by atoms with Gasteiger partial charge in [0, 0.05) is 5.92 Å². The Bertz CT molecular complexity index is 422. The molecule has 1 rings (SSSR count). The molecule has 7 heteroatoms. The van der Waals surface area contributed by atoms with Crippen LogP contribution >= 0.6 is 0 Å². The van der Waals surface area contributed by atoms with Crippen molar-refractivity contribution in [1.29, 1.82) is 0 Å². The molecule has 7 nitrogen and oxygen atoms in total. The van der Waals surface area contributed by atoms with Gasteiger partial charge in [-0.3, -0.25) is 0 Å². The zero-order valence-corrected chi connectivity index (χ0v) is 11.1. The molecule has 3 N–H and O–H groups in total. The number of nitrogens with one attached hydrogen (secondary N) is 1. The third kappa shape index (κ3) is 3.83. The van der Waals surface area contributed by atoms with E-state index in [-0.39, 0.29) is 23.8 Å². The fourth-order valence-electron chi connectivity index (χ4n) is 1.25. The van der Waals surface area contributed by atoms with E-state index in [4.69, 9.17) is 10.5 Å². The largest absolute Gasteiger partial charge is 0.464 e. The number of carbonyl (C=O) groups excluding carboxylic acids is 1. The molecule has 1 heterocycles. The average Bonchev–Trinajstić information content (AvgIpc) is 2.28. The van der Waals surface area contributed by atoms with Crippen LogP contribution in [-0.4, -0.2) is 33.6 Å². The lowest BCUT2D eigenvalue weighted by atomic mass is 10.2. The van der Waals surface area contributed by atoms with Crippen molar-refractivity contribution in [3.8, 4) is 0 Å². The van der Waals surface area contributed by atoms with Crippen LogP contribution < -0.4 is 11.1 Å². The summed E-state index contributed by atoms with van der Waals surface area (Å²) in [4.78, 5) is 23.6. The Morgan fingerprint density at radius 3 is 2.56 bits per heavy atom. The van der Waals surface area contributed by atoms with Gasteiger partial charge in [0.1, 0.15) is 11.9 Å². The number of nitrogens with zero attached hydrogens (tertiary/aromatic N) is 3. The van der Waals surface area contributed by atoms with Gasteiger partial charge in [-0.2, -0.15) is 15.0 Å². The Morgan fingerprint density at radius 2 is 2.00 bits per heavy atom. The number of esters is 1. The maximum Gasteiger partial charge on any atom is 0.328 e. The van der Waals surface area contributed by atoms with Gasteiger partial charge in [0.2, 0.25) is 11.9 Å². The van der Waals surface area contributed by atoms with E-state index in [0.29, 0.717) is 12.4 Å². The molecule has 1 aromatic rings. The highest BCUT2D eigenvalue weighted by Crippen LogP contribution is 2.12. The van der Waals surface area contributed by atoms with E-state index in [9.17, 15) is 4.79 Å². The molecule has 0 saturated carbocycles. The third-order valence-electron chi connectivity index (χ3n) is 2.17. The van der Waals surface area contributed by atoms with Crippen molar-refractivity contribution in [2.24, 2.45) is 0 Å². The summed E-state index contributed by atoms with van der Waals surface area (Å²) in [7, 11) is 0. The molecular formula is C11H19N5O2. The fourth-order valence-corrected chi connectivity index (χ4v) is 1.25. The number of anilines is 2. The van der Waals surface area contributed by atoms with Gasteiger partial charge in [0.25, 0.3) is 0 Å². The Balaban J connectivity index is 2.81. The zero-order chi connectivity index (χ0) is 13.7. The molecule has 18 heavy (non-hydrogen) atoms. The van der Waals surface area contributed by atoms with E-state index >= 15 is 0 Å². The number of nitrogen functional groups attached to an aromatic ring is 1. The van der Waals surface area contributed by atoms with Gasteiger partial charge in [-0.05, 0) is 13.8 Å². The first-order valence-corrected chi connectivity index (χ1v) is 5.88. The lowest BCUT2D eigenvalue weighted by Crippen LogP contribution is -2.29. The molecule has 1 atom stereocenters. The van der Waals surface area contributed by atoms with Gasteiger partial charge in [0.15, 0.2) is 0 Å². The van der Waals surface area contributed by atoms with Crippen LogP contribution in [-0.2, 0) is 9.53 Å². The Hall–Kier alpha value is -1.92. The van der Waals surface area contributed by atoms with Crippen LogP contribution in [0.3, 0.4) is 0 Å². The second-order valence-electron chi connectivity index (χ2n) is 4.15. The van der Waals surface area contributed by atoms with E-state index in [1.54, 1.807) is 13.8 Å². The van der Waals surface area contributed by atoms with Gasteiger partial charge in [-0.25, -0.2) is 4.79 Å². The first kappa shape index (κ1) is 14.1. The molecular weight excluding hydrogens is 234 g/mol. The summed E-state index contributed by atoms with van der Waals surface area (Å²) in [5, 5.41) is 2.85. The third-order valence-corrected chi connectivity index (χ3v) is 2.17. The monoisotopic (exact) mass is 253 g/mol. The predicted octanol–water partition coefficient (Wildman–Crippen LogP) is 0.941. The summed E-state index contributed by atoms with van der Waals surface area (Å²) < 4.78 is 4.88. The van der Waals surface area contributed by atoms with E-state index in [2.05, 4.69) is 20.3 Å². The number of carbonyl (C=O) groups is 1. The number of nitrogens with two attached hydrogens (primary N) is 1. The van der Waals surface area contributed by atoms with Crippen LogP contribution in [0.2, 0.25) is 0 Å². The van der Waals surface area contributed by atoms with Crippen LogP contribution in [0.4, 0.5) is 11.9 Å². The van der Waals surface area contributed by atoms with E-state index in [1.807, 2.05) is 13.8 Å². The molecule has 0 aliphatic carbocycles. The summed E-state index contributed by atoms with van der Waals surface area (Å²) in [6.07, 6.45) is 0. The Kier molecular flexibility index (Phi) is 4.82. The molecule has 0 saturated heterocycles. The van der Waals surface area contributed by atoms with Crippen molar-refractivity contribution >= 4 is 17.9 Å². The van der Waals surface area contributed by atoms with Gasteiger partial charge in [0.05, 0.1) is 6.61 Å². The van der Waals surface area contributed by atoms with Crippen molar-refractivity contribution in [3.05, 3.63) is 5.82 Å². The molecule has 0 aliphatic heterocycles. The lowest BCUT2D eigenvalue weighted by molar-refractivity contribution is -0.143. The number of aromatic nitrogens is 3. The van der Waals surface area contributed by atoms with Crippen LogP contribution in [0.5, 0.6) is 0 Å². The highest BCUT2D eigenvalue weighted by Gasteiger charge is 2.16. The first-order valence-electron chi connectivity index (χ1n) is 5.88. The summed E-state index contributed by atoms with van der Waals surface area (Å²) in [6.45, 7) is 7.66. The average molecular weight is 253 g/mol. The molecule has 0 fully saturated rings. The summed E-state index contributed by atoms with van der Waals surface area (Å²) in [5.41, 5.74) is 5.59. The molecule has 0 radical (unpaired) electrons. The van der Waals surface area contributed by atoms with E-state index in [1.165, 1.54) is 0 Å². The molecule has 1 aromatic heterocycles. The number of hydrogen-bond acceptors (Lipinski definition) is 7. The van der Waals surface area contributed by atoms with Gasteiger partial charge < -0.3 is 15.8 Å². The molecule has 0 bridgehead atoms. The maximum atomic E-state index is 11.5. The number of hydrogen-bond donors (Lipinski definition) is 2. The quantitative estimate of drug-likeness (QED) is 0.752. The second-order valence-corrected chi connectivity index (χ2v) is 4.15. The van der Waals surface area contributed by atoms with E-state index < -0.39 is 6.04 Å². The molecule has 0 aliphatic rings. The minimum absolute atomic E-state index is 0.132. The highest BCUT2D eigenvalue weighted by atomic mass is 16.5. The van der Waals surface area contributed by atoms with Crippen molar-refractivity contribution in [1.82, 2.24) is 15.0 Å². The van der Waals surface area contributed by atoms with Crippen LogP contribution in [0, 0.1) is 0 Å². The Labute approximate surface area is 106 Å². The molecule has 0 spiro atoms. The van der Waals surface area contributed by atoms with Crippen molar-refractivity contribution in [2.75, 3.05) is 17.7 Å². The predicted molar refractivity (Wildman–Crippen MR) is 68.0 cm³/mol. The fraction of sp³-hybridized carbons (Fsp3) is 0.636. The lowest BCUT2D eigenvalue weighted by Gasteiger charge is -2.13. The zero-order valence-electron chi connectivity index (χ0n) is 11.1. The van der Waals surface area contributed by atoms with Crippen LogP contribution in [0.25, 0.3) is 0 Å². The topological polar surface area (TPSA) is 103 Å². The number of rotatable bonds is 5. The number of ether oxygens (including phenoxy) is 1.